The van der Waals surface area contributed by atoms with Crippen LogP contribution in [0.15, 0.2) is 79.0 Å². The van der Waals surface area contributed by atoms with Gasteiger partial charge in [-0.05, 0) is 53.6 Å². The normalized spacial score (nSPS) is 10.9. The first-order valence-electron chi connectivity index (χ1n) is 9.02. The number of rotatable bonds is 6. The van der Waals surface area contributed by atoms with Crippen molar-refractivity contribution in [2.24, 2.45) is 0 Å². The number of hydrogen-bond acceptors (Lipinski definition) is 2. The van der Waals surface area contributed by atoms with E-state index in [1.54, 1.807) is 6.07 Å². The highest BCUT2D eigenvalue weighted by molar-refractivity contribution is 6.42. The van der Waals surface area contributed by atoms with E-state index in [4.69, 9.17) is 44.6 Å². The van der Waals surface area contributed by atoms with E-state index in [1.807, 2.05) is 77.6 Å². The lowest BCUT2D eigenvalue weighted by Crippen LogP contribution is -2.01. The Morgan fingerprint density at radius 2 is 1.55 bits per heavy atom. The summed E-state index contributed by atoms with van der Waals surface area (Å²) in [7, 11) is 0. The molecule has 0 saturated heterocycles. The topological polar surface area (TPSA) is 27.1 Å². The minimum atomic E-state index is 0.457. The largest absolute Gasteiger partial charge is 0.488 e. The van der Waals surface area contributed by atoms with Gasteiger partial charge in [-0.15, -0.1) is 0 Å². The number of hydrogen-bond donors (Lipinski definition) is 0. The summed E-state index contributed by atoms with van der Waals surface area (Å²) in [4.78, 5) is 0. The van der Waals surface area contributed by atoms with Crippen LogP contribution in [0.4, 0.5) is 0 Å². The molecule has 0 saturated carbocycles. The highest BCUT2D eigenvalue weighted by atomic mass is 35.5. The summed E-state index contributed by atoms with van der Waals surface area (Å²) in [6.45, 7) is 1.06. The number of aromatic nitrogens is 2. The Bertz CT molecular complexity index is 1120. The molecule has 0 spiro atoms. The van der Waals surface area contributed by atoms with Crippen molar-refractivity contribution in [2.75, 3.05) is 0 Å². The summed E-state index contributed by atoms with van der Waals surface area (Å²) in [6, 6.07) is 23.1. The van der Waals surface area contributed by atoms with E-state index in [2.05, 4.69) is 0 Å². The second kappa shape index (κ2) is 8.91. The smallest absolute Gasteiger partial charge is 0.129 e. The Labute approximate surface area is 184 Å². The molecule has 4 aromatic rings. The third kappa shape index (κ3) is 4.94. The minimum absolute atomic E-state index is 0.457. The Morgan fingerprint density at radius 3 is 2.34 bits per heavy atom. The fourth-order valence-electron chi connectivity index (χ4n) is 2.96. The van der Waals surface area contributed by atoms with Gasteiger partial charge in [0.15, 0.2) is 0 Å². The molecule has 3 nitrogen and oxygen atoms in total. The van der Waals surface area contributed by atoms with Gasteiger partial charge in [0.2, 0.25) is 0 Å². The average Bonchev–Trinajstić information content (AvgIpc) is 3.19. The molecule has 146 valence electrons. The summed E-state index contributed by atoms with van der Waals surface area (Å²) in [5.41, 5.74) is 3.86. The van der Waals surface area contributed by atoms with Crippen molar-refractivity contribution in [1.82, 2.24) is 9.78 Å². The van der Waals surface area contributed by atoms with Crippen molar-refractivity contribution in [2.45, 2.75) is 13.2 Å². The first-order valence-corrected chi connectivity index (χ1v) is 10.2. The zero-order chi connectivity index (χ0) is 20.2. The molecule has 0 aliphatic heterocycles. The molecule has 4 rings (SSSR count). The molecule has 1 heterocycles. The molecule has 0 N–H and O–H groups in total. The second-order valence-electron chi connectivity index (χ2n) is 6.56. The second-order valence-corrected chi connectivity index (χ2v) is 7.81. The van der Waals surface area contributed by atoms with Crippen LogP contribution in [0, 0.1) is 0 Å². The quantitative estimate of drug-likeness (QED) is 0.317. The standard InChI is InChI=1S/C23H17Cl3N2O/c24-18-8-5-16(6-9-18)15-29-23-4-2-1-3-19(23)22-11-12-28(27-22)14-17-7-10-20(25)21(26)13-17/h1-13H,14-15H2. The van der Waals surface area contributed by atoms with Crippen LogP contribution in [-0.4, -0.2) is 9.78 Å². The summed E-state index contributed by atoms with van der Waals surface area (Å²) >= 11 is 18.0. The van der Waals surface area contributed by atoms with E-state index in [0.717, 1.165) is 28.1 Å². The predicted molar refractivity (Wildman–Crippen MR) is 119 cm³/mol. The highest BCUT2D eigenvalue weighted by Crippen LogP contribution is 2.29. The molecule has 0 radical (unpaired) electrons. The van der Waals surface area contributed by atoms with Gasteiger partial charge in [0, 0.05) is 16.8 Å². The number of ether oxygens (including phenoxy) is 1. The van der Waals surface area contributed by atoms with E-state index in [1.165, 1.54) is 0 Å². The van der Waals surface area contributed by atoms with E-state index in [9.17, 15) is 0 Å². The van der Waals surface area contributed by atoms with Crippen LogP contribution in [0.25, 0.3) is 11.3 Å². The molecule has 0 fully saturated rings. The molecular formula is C23H17Cl3N2O. The highest BCUT2D eigenvalue weighted by Gasteiger charge is 2.10. The van der Waals surface area contributed by atoms with E-state index in [-0.39, 0.29) is 0 Å². The Hall–Kier alpha value is -2.46. The van der Waals surface area contributed by atoms with Gasteiger partial charge in [0.25, 0.3) is 0 Å². The van der Waals surface area contributed by atoms with Crippen molar-refractivity contribution in [3.05, 3.63) is 105 Å². The molecule has 0 aliphatic carbocycles. The molecule has 0 bridgehead atoms. The van der Waals surface area contributed by atoms with Crippen molar-refractivity contribution in [1.29, 1.82) is 0 Å². The van der Waals surface area contributed by atoms with Gasteiger partial charge in [-0.2, -0.15) is 5.10 Å². The Kier molecular flexibility index (Phi) is 6.10. The molecule has 6 heteroatoms. The van der Waals surface area contributed by atoms with Crippen molar-refractivity contribution < 1.29 is 4.74 Å². The number of nitrogens with zero attached hydrogens (tertiary/aromatic N) is 2. The lowest BCUT2D eigenvalue weighted by Gasteiger charge is -2.10. The van der Waals surface area contributed by atoms with Gasteiger partial charge in [0.1, 0.15) is 12.4 Å². The number of para-hydroxylation sites is 1. The third-order valence-corrected chi connectivity index (χ3v) is 5.43. The summed E-state index contributed by atoms with van der Waals surface area (Å²) in [5, 5.41) is 6.49. The lowest BCUT2D eigenvalue weighted by molar-refractivity contribution is 0.307. The molecule has 0 atom stereocenters. The molecular weight excluding hydrogens is 427 g/mol. The zero-order valence-electron chi connectivity index (χ0n) is 15.4. The molecule has 0 unspecified atom stereocenters. The lowest BCUT2D eigenvalue weighted by atomic mass is 10.1. The van der Waals surface area contributed by atoms with Crippen LogP contribution in [-0.2, 0) is 13.2 Å². The maximum absolute atomic E-state index is 6.11. The van der Waals surface area contributed by atoms with Crippen molar-refractivity contribution in [3.63, 3.8) is 0 Å². The maximum Gasteiger partial charge on any atom is 0.129 e. The summed E-state index contributed by atoms with van der Waals surface area (Å²) in [5.74, 6) is 0.780. The van der Waals surface area contributed by atoms with Crippen molar-refractivity contribution in [3.8, 4) is 17.0 Å². The Morgan fingerprint density at radius 1 is 0.793 bits per heavy atom. The van der Waals surface area contributed by atoms with Crippen LogP contribution >= 0.6 is 34.8 Å². The number of halogens is 3. The molecule has 29 heavy (non-hydrogen) atoms. The molecule has 0 amide bonds. The van der Waals surface area contributed by atoms with Crippen LogP contribution in [0.2, 0.25) is 15.1 Å². The number of benzene rings is 3. The fourth-order valence-corrected chi connectivity index (χ4v) is 3.41. The summed E-state index contributed by atoms with van der Waals surface area (Å²) < 4.78 is 7.92. The Balaban J connectivity index is 1.51. The van der Waals surface area contributed by atoms with E-state index >= 15 is 0 Å². The van der Waals surface area contributed by atoms with Crippen molar-refractivity contribution >= 4 is 34.8 Å². The molecule has 1 aromatic heterocycles. The average molecular weight is 444 g/mol. The monoisotopic (exact) mass is 442 g/mol. The van der Waals surface area contributed by atoms with Gasteiger partial charge < -0.3 is 4.74 Å². The maximum atomic E-state index is 6.11. The molecule has 0 aliphatic rings. The zero-order valence-corrected chi connectivity index (χ0v) is 17.6. The SMILES string of the molecule is Clc1ccc(COc2ccccc2-c2ccn(Cc3ccc(Cl)c(Cl)c3)n2)cc1. The fraction of sp³-hybridized carbons (Fsp3) is 0.0870. The third-order valence-electron chi connectivity index (χ3n) is 4.44. The van der Waals surface area contributed by atoms with Gasteiger partial charge in [-0.3, -0.25) is 4.68 Å². The predicted octanol–water partition coefficient (Wildman–Crippen LogP) is 7.14. The minimum Gasteiger partial charge on any atom is -0.488 e. The summed E-state index contributed by atoms with van der Waals surface area (Å²) in [6.07, 6.45) is 1.94. The first kappa shape index (κ1) is 19.8. The molecule has 3 aromatic carbocycles. The van der Waals surface area contributed by atoms with Crippen LogP contribution in [0.3, 0.4) is 0 Å². The van der Waals surface area contributed by atoms with E-state index < -0.39 is 0 Å². The van der Waals surface area contributed by atoms with Gasteiger partial charge >= 0.3 is 0 Å². The van der Waals surface area contributed by atoms with Crippen LogP contribution in [0.1, 0.15) is 11.1 Å². The van der Waals surface area contributed by atoms with Crippen LogP contribution < -0.4 is 4.74 Å². The van der Waals surface area contributed by atoms with Gasteiger partial charge in [0.05, 0.1) is 22.3 Å². The van der Waals surface area contributed by atoms with Crippen LogP contribution in [0.5, 0.6) is 5.75 Å². The van der Waals surface area contributed by atoms with E-state index in [0.29, 0.717) is 28.2 Å². The van der Waals surface area contributed by atoms with Gasteiger partial charge in [-0.25, -0.2) is 0 Å². The first-order chi connectivity index (χ1) is 14.1. The van der Waals surface area contributed by atoms with Gasteiger partial charge in [-0.1, -0.05) is 65.1 Å².